The van der Waals surface area contributed by atoms with Crippen molar-refractivity contribution in [1.82, 2.24) is 0 Å². The van der Waals surface area contributed by atoms with E-state index in [2.05, 4.69) is 51.1 Å². The molecule has 1 atom stereocenters. The van der Waals surface area contributed by atoms with Crippen LogP contribution in [0.15, 0.2) is 30.3 Å². The molecule has 0 heterocycles. The fourth-order valence-corrected chi connectivity index (χ4v) is 4.01. The monoisotopic (exact) mass is 272 g/mol. The Bertz CT molecular complexity index is 282. The molecule has 0 amide bonds. The van der Waals surface area contributed by atoms with Crippen LogP contribution < -0.4 is 4.46 Å². The molecule has 0 aliphatic rings. The third-order valence-electron chi connectivity index (χ3n) is 2.69. The van der Waals surface area contributed by atoms with Gasteiger partial charge in [0, 0.05) is 0 Å². The Kier molecular flexibility index (Phi) is 4.85. The van der Waals surface area contributed by atoms with Gasteiger partial charge in [-0.05, 0) is 0 Å². The Labute approximate surface area is 99.4 Å². The molecule has 2 heteroatoms. The normalized spacial score (nSPS) is 13.9. The number of ether oxygens (including phenoxy) is 1. The van der Waals surface area contributed by atoms with Crippen LogP contribution in [-0.2, 0) is 4.74 Å². The van der Waals surface area contributed by atoms with E-state index in [4.69, 9.17) is 4.74 Å². The Morgan fingerprint density at radius 2 is 1.87 bits per heavy atom. The fourth-order valence-electron chi connectivity index (χ4n) is 1.51. The Morgan fingerprint density at radius 1 is 1.27 bits per heavy atom. The summed E-state index contributed by atoms with van der Waals surface area (Å²) in [4.78, 5) is 0.636. The summed E-state index contributed by atoms with van der Waals surface area (Å²) in [5.41, 5.74) is -0.00933. The van der Waals surface area contributed by atoms with Crippen LogP contribution in [0.25, 0.3) is 0 Å². The van der Waals surface area contributed by atoms with Crippen LogP contribution >= 0.6 is 0 Å². The van der Waals surface area contributed by atoms with Gasteiger partial charge >= 0.3 is 99.2 Å². The summed E-state index contributed by atoms with van der Waals surface area (Å²) < 4.78 is 7.04. The zero-order valence-electron chi connectivity index (χ0n) is 9.99. The van der Waals surface area contributed by atoms with E-state index in [1.165, 1.54) is 10.9 Å². The van der Waals surface area contributed by atoms with Crippen LogP contribution in [0.4, 0.5) is 0 Å². The Morgan fingerprint density at radius 3 is 2.33 bits per heavy atom. The Hall–Kier alpha value is -0.301. The molecule has 0 spiro atoms. The van der Waals surface area contributed by atoms with Gasteiger partial charge in [-0.15, -0.1) is 0 Å². The van der Waals surface area contributed by atoms with E-state index in [0.717, 1.165) is 0 Å². The predicted molar refractivity (Wildman–Crippen MR) is 67.0 cm³/mol. The molecule has 1 unspecified atom stereocenters. The first-order valence-electron chi connectivity index (χ1n) is 5.37. The summed E-state index contributed by atoms with van der Waals surface area (Å²) in [6.45, 7) is 6.62. The van der Waals surface area contributed by atoms with E-state index in [0.29, 0.717) is 19.8 Å². The molecule has 1 rings (SSSR count). The van der Waals surface area contributed by atoms with Gasteiger partial charge in [-0.1, -0.05) is 0 Å². The van der Waals surface area contributed by atoms with Gasteiger partial charge in [0.1, 0.15) is 0 Å². The predicted octanol–water partition coefficient (Wildman–Crippen LogP) is 2.64. The molecule has 1 aromatic carbocycles. The molecule has 84 valence electrons. The zero-order valence-corrected chi connectivity index (χ0v) is 11.7. The van der Waals surface area contributed by atoms with Crippen molar-refractivity contribution in [3.8, 4) is 0 Å². The summed E-state index contributed by atoms with van der Waals surface area (Å²) in [5, 5.41) is 0. The number of methoxy groups -OCH3 is 1. The van der Waals surface area contributed by atoms with E-state index in [1.54, 1.807) is 0 Å². The van der Waals surface area contributed by atoms with Crippen molar-refractivity contribution in [1.29, 1.82) is 0 Å². The standard InChI is InChI=1S/C13H20OSe/c1-5-12(13(2,3)14-4)15-11-9-7-6-8-10-11/h6-10,12H,5H2,1-4H3. The molecule has 1 nitrogen and oxygen atoms in total. The first-order chi connectivity index (χ1) is 7.10. The molecule has 0 aromatic heterocycles. The SMILES string of the molecule is CCC([Se]c1ccccc1)C(C)(C)OC. The third-order valence-corrected chi connectivity index (χ3v) is 6.32. The van der Waals surface area contributed by atoms with E-state index in [9.17, 15) is 0 Å². The summed E-state index contributed by atoms with van der Waals surface area (Å²) in [7, 11) is 1.81. The van der Waals surface area contributed by atoms with E-state index < -0.39 is 0 Å². The van der Waals surface area contributed by atoms with E-state index >= 15 is 0 Å². The second-order valence-electron chi connectivity index (χ2n) is 4.14. The van der Waals surface area contributed by atoms with Crippen LogP contribution in [0.1, 0.15) is 27.2 Å². The minimum atomic E-state index is -0.00933. The van der Waals surface area contributed by atoms with E-state index in [-0.39, 0.29) is 5.60 Å². The van der Waals surface area contributed by atoms with Crippen molar-refractivity contribution in [3.05, 3.63) is 30.3 Å². The van der Waals surface area contributed by atoms with Gasteiger partial charge in [0.05, 0.1) is 0 Å². The van der Waals surface area contributed by atoms with Crippen molar-refractivity contribution in [2.24, 2.45) is 0 Å². The first-order valence-corrected chi connectivity index (χ1v) is 7.21. The second-order valence-corrected chi connectivity index (χ2v) is 6.81. The molecule has 0 saturated heterocycles. The van der Waals surface area contributed by atoms with Gasteiger partial charge in [-0.25, -0.2) is 0 Å². The van der Waals surface area contributed by atoms with Gasteiger partial charge in [0.2, 0.25) is 0 Å². The molecule has 0 fully saturated rings. The second kappa shape index (κ2) is 5.69. The van der Waals surface area contributed by atoms with Gasteiger partial charge < -0.3 is 0 Å². The van der Waals surface area contributed by atoms with Gasteiger partial charge in [-0.3, -0.25) is 0 Å². The van der Waals surface area contributed by atoms with Crippen LogP contribution in [0.2, 0.25) is 4.82 Å². The number of benzene rings is 1. The molecule has 0 aliphatic carbocycles. The van der Waals surface area contributed by atoms with Crippen molar-refractivity contribution in [2.75, 3.05) is 7.11 Å². The van der Waals surface area contributed by atoms with Crippen molar-refractivity contribution in [2.45, 2.75) is 37.6 Å². The topological polar surface area (TPSA) is 9.23 Å². The number of rotatable bonds is 5. The molecular formula is C13H20OSe. The molecule has 1 aromatic rings. The molecule has 0 aliphatic heterocycles. The maximum absolute atomic E-state index is 5.58. The average Bonchev–Trinajstić information content (AvgIpc) is 2.27. The van der Waals surface area contributed by atoms with Crippen molar-refractivity contribution >= 4 is 19.4 Å². The molecule has 0 saturated carbocycles. The van der Waals surface area contributed by atoms with Crippen LogP contribution in [0, 0.1) is 0 Å². The third kappa shape index (κ3) is 3.64. The molecular weight excluding hydrogens is 251 g/mol. The van der Waals surface area contributed by atoms with Crippen LogP contribution in [0.3, 0.4) is 0 Å². The van der Waals surface area contributed by atoms with Gasteiger partial charge in [-0.2, -0.15) is 0 Å². The van der Waals surface area contributed by atoms with Crippen LogP contribution in [-0.4, -0.2) is 27.7 Å². The average molecular weight is 271 g/mol. The molecule has 0 radical (unpaired) electrons. The summed E-state index contributed by atoms with van der Waals surface area (Å²) in [6.07, 6.45) is 1.18. The quantitative estimate of drug-likeness (QED) is 0.748. The fraction of sp³-hybridized carbons (Fsp3) is 0.538. The number of hydrogen-bond donors (Lipinski definition) is 0. The van der Waals surface area contributed by atoms with Crippen LogP contribution in [0.5, 0.6) is 0 Å². The Balaban J connectivity index is 2.70. The molecule has 0 bridgehead atoms. The zero-order chi connectivity index (χ0) is 11.3. The first kappa shape index (κ1) is 12.8. The van der Waals surface area contributed by atoms with Gasteiger partial charge in [0.15, 0.2) is 0 Å². The van der Waals surface area contributed by atoms with Gasteiger partial charge in [0.25, 0.3) is 0 Å². The maximum atomic E-state index is 5.58. The number of hydrogen-bond acceptors (Lipinski definition) is 1. The van der Waals surface area contributed by atoms with Crippen molar-refractivity contribution < 1.29 is 4.74 Å². The summed E-state index contributed by atoms with van der Waals surface area (Å²) in [6, 6.07) is 10.7. The molecule has 0 N–H and O–H groups in total. The minimum absolute atomic E-state index is 0.00933. The molecule has 15 heavy (non-hydrogen) atoms. The van der Waals surface area contributed by atoms with E-state index in [1.807, 2.05) is 7.11 Å². The summed E-state index contributed by atoms with van der Waals surface area (Å²) in [5.74, 6) is 0. The summed E-state index contributed by atoms with van der Waals surface area (Å²) >= 11 is 0.496. The van der Waals surface area contributed by atoms with Crippen molar-refractivity contribution in [3.63, 3.8) is 0 Å².